The van der Waals surface area contributed by atoms with Gasteiger partial charge in [0.25, 0.3) is 5.91 Å². The Morgan fingerprint density at radius 2 is 2.04 bits per heavy atom. The number of benzene rings is 2. The first-order valence-electron chi connectivity index (χ1n) is 8.34. The lowest BCUT2D eigenvalue weighted by Gasteiger charge is -2.29. The van der Waals surface area contributed by atoms with Gasteiger partial charge < -0.3 is 10.6 Å². The van der Waals surface area contributed by atoms with Crippen LogP contribution in [0.25, 0.3) is 0 Å². The second kappa shape index (κ2) is 7.26. The number of nitrogens with zero attached hydrogens (tertiary/aromatic N) is 3. The van der Waals surface area contributed by atoms with Crippen molar-refractivity contribution >= 4 is 40.7 Å². The molecule has 1 amide bonds. The fraction of sp³-hybridized carbons (Fsp3) is 0.105. The van der Waals surface area contributed by atoms with Gasteiger partial charge in [0.05, 0.1) is 16.3 Å². The number of hydrogen-bond donors (Lipinski definition) is 2. The molecule has 3 aromatic rings. The van der Waals surface area contributed by atoms with E-state index in [9.17, 15) is 9.18 Å². The number of aromatic nitrogens is 3. The molecule has 1 unspecified atom stereocenters. The van der Waals surface area contributed by atoms with E-state index in [1.165, 1.54) is 17.1 Å². The Kier molecular flexibility index (Phi) is 4.78. The first-order valence-corrected chi connectivity index (χ1v) is 9.09. The predicted octanol–water partition coefficient (Wildman–Crippen LogP) is 4.65. The van der Waals surface area contributed by atoms with Gasteiger partial charge in [-0.05, 0) is 31.2 Å². The summed E-state index contributed by atoms with van der Waals surface area (Å²) in [7, 11) is 0. The molecule has 0 radical (unpaired) electrons. The molecule has 1 aromatic heterocycles. The maximum absolute atomic E-state index is 14.6. The van der Waals surface area contributed by atoms with Crippen LogP contribution in [0.2, 0.25) is 10.0 Å². The highest BCUT2D eigenvalue weighted by Gasteiger charge is 2.35. The van der Waals surface area contributed by atoms with E-state index in [-0.39, 0.29) is 0 Å². The average Bonchev–Trinajstić information content (AvgIpc) is 3.12. The standard InChI is InChI=1S/C19H14Cl2FN5O/c1-10-16(18(28)26-15-8-11(20)6-7-13(15)21)17(12-4-2-3-5-14(12)22)27-19(25-10)23-9-24-27/h2-9,17H,1H3,(H,26,28)(H,23,24,25). The maximum Gasteiger partial charge on any atom is 0.255 e. The molecule has 142 valence electrons. The molecule has 0 fully saturated rings. The molecule has 0 saturated heterocycles. The van der Waals surface area contributed by atoms with E-state index in [4.69, 9.17) is 23.2 Å². The first kappa shape index (κ1) is 18.5. The van der Waals surface area contributed by atoms with Gasteiger partial charge in [0.1, 0.15) is 18.2 Å². The summed E-state index contributed by atoms with van der Waals surface area (Å²) in [5, 5.41) is 10.7. The molecule has 2 N–H and O–H groups in total. The van der Waals surface area contributed by atoms with Crippen LogP contribution in [0.5, 0.6) is 0 Å². The number of fused-ring (bicyclic) bond motifs is 1. The van der Waals surface area contributed by atoms with Crippen LogP contribution >= 0.6 is 23.2 Å². The molecule has 2 heterocycles. The van der Waals surface area contributed by atoms with Crippen molar-refractivity contribution in [2.75, 3.05) is 10.6 Å². The number of amides is 1. The monoisotopic (exact) mass is 417 g/mol. The van der Waals surface area contributed by atoms with E-state index in [0.29, 0.717) is 38.5 Å². The summed E-state index contributed by atoms with van der Waals surface area (Å²) in [6.45, 7) is 1.72. The third kappa shape index (κ3) is 3.23. The number of carbonyl (C=O) groups is 1. The van der Waals surface area contributed by atoms with E-state index in [2.05, 4.69) is 20.7 Å². The largest absolute Gasteiger partial charge is 0.328 e. The molecule has 9 heteroatoms. The highest BCUT2D eigenvalue weighted by atomic mass is 35.5. The van der Waals surface area contributed by atoms with Crippen LogP contribution in [0.3, 0.4) is 0 Å². The third-order valence-electron chi connectivity index (χ3n) is 4.42. The molecule has 1 aliphatic heterocycles. The summed E-state index contributed by atoms with van der Waals surface area (Å²) in [4.78, 5) is 17.3. The average molecular weight is 418 g/mol. The fourth-order valence-corrected chi connectivity index (χ4v) is 3.49. The molecule has 4 rings (SSSR count). The molecule has 0 spiro atoms. The van der Waals surface area contributed by atoms with Crippen LogP contribution in [0.1, 0.15) is 18.5 Å². The summed E-state index contributed by atoms with van der Waals surface area (Å²) in [6.07, 6.45) is 1.35. The van der Waals surface area contributed by atoms with Crippen molar-refractivity contribution in [1.82, 2.24) is 14.8 Å². The van der Waals surface area contributed by atoms with E-state index in [1.54, 1.807) is 43.3 Å². The van der Waals surface area contributed by atoms with Gasteiger partial charge in [0, 0.05) is 16.3 Å². The van der Waals surface area contributed by atoms with E-state index in [0.717, 1.165) is 0 Å². The molecule has 28 heavy (non-hydrogen) atoms. The highest BCUT2D eigenvalue weighted by molar-refractivity contribution is 6.35. The zero-order valence-electron chi connectivity index (χ0n) is 14.6. The lowest BCUT2D eigenvalue weighted by Crippen LogP contribution is -2.32. The van der Waals surface area contributed by atoms with Crippen LogP contribution < -0.4 is 10.6 Å². The highest BCUT2D eigenvalue weighted by Crippen LogP contribution is 2.36. The van der Waals surface area contributed by atoms with Crippen molar-refractivity contribution in [2.24, 2.45) is 0 Å². The summed E-state index contributed by atoms with van der Waals surface area (Å²) < 4.78 is 16.1. The maximum atomic E-state index is 14.6. The molecule has 0 bridgehead atoms. The Bertz CT molecular complexity index is 1110. The van der Waals surface area contributed by atoms with Gasteiger partial charge >= 0.3 is 0 Å². The minimum atomic E-state index is -0.794. The molecule has 0 aliphatic carbocycles. The smallest absolute Gasteiger partial charge is 0.255 e. The van der Waals surface area contributed by atoms with Gasteiger partial charge in [0.2, 0.25) is 5.95 Å². The van der Waals surface area contributed by atoms with E-state index < -0.39 is 17.8 Å². The van der Waals surface area contributed by atoms with Crippen molar-refractivity contribution in [3.05, 3.63) is 81.5 Å². The number of nitrogens with one attached hydrogen (secondary N) is 2. The van der Waals surface area contributed by atoms with E-state index >= 15 is 0 Å². The lowest BCUT2D eigenvalue weighted by atomic mass is 9.94. The van der Waals surface area contributed by atoms with Gasteiger partial charge in [-0.3, -0.25) is 4.79 Å². The Morgan fingerprint density at radius 3 is 2.82 bits per heavy atom. The number of hydrogen-bond acceptors (Lipinski definition) is 4. The van der Waals surface area contributed by atoms with Crippen LogP contribution in [-0.2, 0) is 4.79 Å². The summed E-state index contributed by atoms with van der Waals surface area (Å²) in [5.74, 6) is -0.485. The molecule has 1 aliphatic rings. The van der Waals surface area contributed by atoms with Crippen molar-refractivity contribution in [2.45, 2.75) is 13.0 Å². The number of halogens is 3. The van der Waals surface area contributed by atoms with Crippen molar-refractivity contribution < 1.29 is 9.18 Å². The number of carbonyl (C=O) groups excluding carboxylic acids is 1. The van der Waals surface area contributed by atoms with Crippen LogP contribution in [-0.4, -0.2) is 20.7 Å². The minimum Gasteiger partial charge on any atom is -0.328 e. The zero-order chi connectivity index (χ0) is 19.8. The molecule has 6 nitrogen and oxygen atoms in total. The molecule has 1 atom stereocenters. The number of allylic oxidation sites excluding steroid dienone is 1. The lowest BCUT2D eigenvalue weighted by molar-refractivity contribution is -0.113. The van der Waals surface area contributed by atoms with Crippen molar-refractivity contribution in [3.63, 3.8) is 0 Å². The molecular weight excluding hydrogens is 404 g/mol. The Labute approximate surface area is 170 Å². The summed E-state index contributed by atoms with van der Waals surface area (Å²) in [5.41, 5.74) is 1.48. The predicted molar refractivity (Wildman–Crippen MR) is 106 cm³/mol. The topological polar surface area (TPSA) is 71.8 Å². The number of rotatable bonds is 3. The van der Waals surface area contributed by atoms with Crippen LogP contribution in [0, 0.1) is 5.82 Å². The van der Waals surface area contributed by atoms with Crippen LogP contribution in [0.15, 0.2) is 60.1 Å². The van der Waals surface area contributed by atoms with Crippen molar-refractivity contribution in [3.8, 4) is 0 Å². The van der Waals surface area contributed by atoms with Gasteiger partial charge in [-0.25, -0.2) is 9.07 Å². The Balaban J connectivity index is 1.80. The van der Waals surface area contributed by atoms with Crippen molar-refractivity contribution in [1.29, 1.82) is 0 Å². The first-order chi connectivity index (χ1) is 13.5. The Morgan fingerprint density at radius 1 is 1.25 bits per heavy atom. The second-order valence-corrected chi connectivity index (χ2v) is 7.04. The normalized spacial score (nSPS) is 15.8. The van der Waals surface area contributed by atoms with Gasteiger partial charge in [-0.2, -0.15) is 10.1 Å². The fourth-order valence-electron chi connectivity index (χ4n) is 3.15. The SMILES string of the molecule is CC1=C(C(=O)Nc2cc(Cl)ccc2Cl)C(c2ccccc2F)n2ncnc2N1. The quantitative estimate of drug-likeness (QED) is 0.650. The van der Waals surface area contributed by atoms with E-state index in [1.807, 2.05) is 0 Å². The molecular formula is C19H14Cl2FN5O. The molecule has 2 aromatic carbocycles. The summed E-state index contributed by atoms with van der Waals surface area (Å²) in [6, 6.07) is 10.2. The van der Waals surface area contributed by atoms with Gasteiger partial charge in [-0.15, -0.1) is 0 Å². The van der Waals surface area contributed by atoms with Crippen LogP contribution in [0.4, 0.5) is 16.0 Å². The zero-order valence-corrected chi connectivity index (χ0v) is 16.1. The summed E-state index contributed by atoms with van der Waals surface area (Å²) >= 11 is 12.2. The minimum absolute atomic E-state index is 0.291. The molecule has 0 saturated carbocycles. The third-order valence-corrected chi connectivity index (χ3v) is 4.98. The van der Waals surface area contributed by atoms with Gasteiger partial charge in [-0.1, -0.05) is 41.4 Å². The Hall–Kier alpha value is -2.90. The second-order valence-electron chi connectivity index (χ2n) is 6.19. The number of anilines is 2. The van der Waals surface area contributed by atoms with Gasteiger partial charge in [0.15, 0.2) is 0 Å².